The molecule has 0 saturated heterocycles. The summed E-state index contributed by atoms with van der Waals surface area (Å²) >= 11 is 0. The maximum Gasteiger partial charge on any atom is 0.219 e. The lowest BCUT2D eigenvalue weighted by Gasteiger charge is -2.08. The van der Waals surface area contributed by atoms with Gasteiger partial charge in [0.15, 0.2) is 5.75 Å². The first-order chi connectivity index (χ1) is 7.66. The minimum atomic E-state index is 0.00477. The number of nitrogens with zero attached hydrogens (tertiary/aromatic N) is 1. The van der Waals surface area contributed by atoms with Crippen molar-refractivity contribution < 1.29 is 9.84 Å². The van der Waals surface area contributed by atoms with Crippen molar-refractivity contribution in [2.24, 2.45) is 0 Å². The van der Waals surface area contributed by atoms with Crippen molar-refractivity contribution in [3.8, 4) is 17.4 Å². The molecule has 0 radical (unpaired) electrons. The van der Waals surface area contributed by atoms with Gasteiger partial charge in [-0.25, -0.2) is 4.98 Å². The lowest BCUT2D eigenvalue weighted by molar-refractivity contribution is 0.449. The topological polar surface area (TPSA) is 68.4 Å². The average Bonchev–Trinajstić information content (AvgIpc) is 2.25. The lowest BCUT2D eigenvalue weighted by atomic mass is 10.2. The molecule has 0 bridgehead atoms. The van der Waals surface area contributed by atoms with E-state index in [2.05, 4.69) is 4.98 Å². The molecule has 16 heavy (non-hydrogen) atoms. The first-order valence-corrected chi connectivity index (χ1v) is 4.85. The van der Waals surface area contributed by atoms with Gasteiger partial charge in [-0.05, 0) is 30.7 Å². The van der Waals surface area contributed by atoms with Gasteiger partial charge in [0.25, 0.3) is 0 Å². The van der Waals surface area contributed by atoms with Crippen LogP contribution in [0.3, 0.4) is 0 Å². The monoisotopic (exact) mass is 216 g/mol. The van der Waals surface area contributed by atoms with E-state index in [1.165, 1.54) is 6.07 Å². The number of para-hydroxylation sites is 1. The summed E-state index contributed by atoms with van der Waals surface area (Å²) in [6.45, 7) is 1.94. The van der Waals surface area contributed by atoms with Gasteiger partial charge >= 0.3 is 0 Å². The van der Waals surface area contributed by atoms with Gasteiger partial charge < -0.3 is 15.6 Å². The average molecular weight is 216 g/mol. The molecule has 2 rings (SSSR count). The highest BCUT2D eigenvalue weighted by atomic mass is 16.5. The highest BCUT2D eigenvalue weighted by Gasteiger charge is 2.06. The second-order valence-electron chi connectivity index (χ2n) is 3.46. The molecule has 0 fully saturated rings. The van der Waals surface area contributed by atoms with Crippen LogP contribution in [0.4, 0.5) is 5.69 Å². The summed E-state index contributed by atoms with van der Waals surface area (Å²) in [5, 5.41) is 9.41. The molecule has 1 aromatic heterocycles. The number of hydrogen-bond donors (Lipinski definition) is 2. The van der Waals surface area contributed by atoms with Crippen molar-refractivity contribution in [1.29, 1.82) is 0 Å². The molecule has 0 saturated carbocycles. The van der Waals surface area contributed by atoms with Crippen molar-refractivity contribution >= 4 is 5.69 Å². The third-order valence-electron chi connectivity index (χ3n) is 2.15. The fourth-order valence-electron chi connectivity index (χ4n) is 1.30. The minimum Gasteiger partial charge on any atom is -0.506 e. The summed E-state index contributed by atoms with van der Waals surface area (Å²) in [7, 11) is 0. The Labute approximate surface area is 93.3 Å². The Morgan fingerprint density at radius 1 is 1.31 bits per heavy atom. The zero-order chi connectivity index (χ0) is 11.5. The number of aryl methyl sites for hydroxylation is 1. The zero-order valence-electron chi connectivity index (χ0n) is 8.84. The summed E-state index contributed by atoms with van der Waals surface area (Å²) in [4.78, 5) is 4.05. The van der Waals surface area contributed by atoms with Crippen LogP contribution in [0.15, 0.2) is 36.5 Å². The number of ether oxygens (including phenoxy) is 1. The van der Waals surface area contributed by atoms with E-state index in [0.29, 0.717) is 11.6 Å². The summed E-state index contributed by atoms with van der Waals surface area (Å²) in [6.07, 6.45) is 1.66. The molecular formula is C12H12N2O2. The van der Waals surface area contributed by atoms with Crippen LogP contribution in [0.2, 0.25) is 0 Å². The fraction of sp³-hybridized carbons (Fsp3) is 0.0833. The molecule has 0 aliphatic carbocycles. The Bertz CT molecular complexity index is 512. The van der Waals surface area contributed by atoms with Crippen LogP contribution in [-0.4, -0.2) is 10.1 Å². The van der Waals surface area contributed by atoms with Crippen LogP contribution < -0.4 is 10.5 Å². The van der Waals surface area contributed by atoms with Gasteiger partial charge in [0, 0.05) is 12.3 Å². The van der Waals surface area contributed by atoms with Crippen LogP contribution in [0.1, 0.15) is 5.56 Å². The van der Waals surface area contributed by atoms with E-state index < -0.39 is 0 Å². The number of aromatic hydroxyl groups is 1. The summed E-state index contributed by atoms with van der Waals surface area (Å²) in [5.41, 5.74) is 6.92. The normalized spacial score (nSPS) is 10.1. The quantitative estimate of drug-likeness (QED) is 0.597. The molecule has 4 heteroatoms. The van der Waals surface area contributed by atoms with Gasteiger partial charge in [0.05, 0.1) is 0 Å². The van der Waals surface area contributed by atoms with Gasteiger partial charge in [-0.2, -0.15) is 0 Å². The Morgan fingerprint density at radius 3 is 2.88 bits per heavy atom. The van der Waals surface area contributed by atoms with Gasteiger partial charge in [0.2, 0.25) is 5.88 Å². The van der Waals surface area contributed by atoms with E-state index in [1.807, 2.05) is 13.0 Å². The number of anilines is 1. The third kappa shape index (κ3) is 2.06. The summed E-state index contributed by atoms with van der Waals surface area (Å²) < 4.78 is 5.47. The lowest BCUT2D eigenvalue weighted by Crippen LogP contribution is -1.93. The van der Waals surface area contributed by atoms with Gasteiger partial charge in [-0.3, -0.25) is 0 Å². The number of pyridine rings is 1. The van der Waals surface area contributed by atoms with Crippen molar-refractivity contribution in [2.45, 2.75) is 6.92 Å². The second kappa shape index (κ2) is 4.10. The van der Waals surface area contributed by atoms with Crippen LogP contribution >= 0.6 is 0 Å². The molecule has 0 aliphatic heterocycles. The number of nitrogens with two attached hydrogens (primary N) is 1. The van der Waals surface area contributed by atoms with E-state index in [-0.39, 0.29) is 11.4 Å². The molecule has 1 heterocycles. The maximum atomic E-state index is 9.41. The predicted octanol–water partition coefficient (Wildman–Crippen LogP) is 2.47. The first kappa shape index (κ1) is 10.3. The first-order valence-electron chi connectivity index (χ1n) is 4.85. The molecule has 3 N–H and O–H groups in total. The SMILES string of the molecule is Cc1ccnc(Oc2cccc(O)c2N)c1. The molecule has 0 amide bonds. The summed E-state index contributed by atoms with van der Waals surface area (Å²) in [6, 6.07) is 8.52. The van der Waals surface area contributed by atoms with E-state index in [4.69, 9.17) is 10.5 Å². The van der Waals surface area contributed by atoms with Crippen molar-refractivity contribution in [1.82, 2.24) is 4.98 Å². The number of nitrogen functional groups attached to an aromatic ring is 1. The molecule has 82 valence electrons. The minimum absolute atomic E-state index is 0.00477. The van der Waals surface area contributed by atoms with Gasteiger partial charge in [-0.15, -0.1) is 0 Å². The fourth-order valence-corrected chi connectivity index (χ4v) is 1.30. The smallest absolute Gasteiger partial charge is 0.219 e. The number of rotatable bonds is 2. The van der Waals surface area contributed by atoms with Gasteiger partial charge in [0.1, 0.15) is 11.4 Å². The Morgan fingerprint density at radius 2 is 2.12 bits per heavy atom. The van der Waals surface area contributed by atoms with E-state index in [9.17, 15) is 5.11 Å². The number of phenols is 1. The van der Waals surface area contributed by atoms with Crippen LogP contribution in [0, 0.1) is 6.92 Å². The molecule has 4 nitrogen and oxygen atoms in total. The van der Waals surface area contributed by atoms with Crippen molar-refractivity contribution in [3.05, 3.63) is 42.1 Å². The Balaban J connectivity index is 2.31. The number of aromatic nitrogens is 1. The van der Waals surface area contributed by atoms with Crippen LogP contribution in [-0.2, 0) is 0 Å². The number of benzene rings is 1. The molecule has 0 spiro atoms. The van der Waals surface area contributed by atoms with Crippen molar-refractivity contribution in [2.75, 3.05) is 5.73 Å². The molecule has 0 aliphatic rings. The highest BCUT2D eigenvalue weighted by Crippen LogP contribution is 2.32. The molecule has 1 aromatic carbocycles. The number of phenolic OH excluding ortho intramolecular Hbond substituents is 1. The van der Waals surface area contributed by atoms with Crippen LogP contribution in [0.5, 0.6) is 17.4 Å². The predicted molar refractivity (Wildman–Crippen MR) is 61.6 cm³/mol. The maximum absolute atomic E-state index is 9.41. The van der Waals surface area contributed by atoms with Gasteiger partial charge in [-0.1, -0.05) is 6.07 Å². The standard InChI is InChI=1S/C12H12N2O2/c1-8-5-6-14-11(7-8)16-10-4-2-3-9(15)12(10)13/h2-7,15H,13H2,1H3. The highest BCUT2D eigenvalue weighted by molar-refractivity contribution is 5.62. The second-order valence-corrected chi connectivity index (χ2v) is 3.46. The zero-order valence-corrected chi connectivity index (χ0v) is 8.84. The largest absolute Gasteiger partial charge is 0.506 e. The Kier molecular flexibility index (Phi) is 2.64. The summed E-state index contributed by atoms with van der Waals surface area (Å²) in [5.74, 6) is 0.862. The van der Waals surface area contributed by atoms with Crippen molar-refractivity contribution in [3.63, 3.8) is 0 Å². The van der Waals surface area contributed by atoms with E-state index in [0.717, 1.165) is 5.56 Å². The molecular weight excluding hydrogens is 204 g/mol. The third-order valence-corrected chi connectivity index (χ3v) is 2.15. The van der Waals surface area contributed by atoms with Crippen LogP contribution in [0.25, 0.3) is 0 Å². The van der Waals surface area contributed by atoms with E-state index >= 15 is 0 Å². The molecule has 0 atom stereocenters. The van der Waals surface area contributed by atoms with E-state index in [1.54, 1.807) is 24.4 Å². The number of hydrogen-bond acceptors (Lipinski definition) is 4. The molecule has 2 aromatic rings. The molecule has 0 unspecified atom stereocenters. The Hall–Kier alpha value is -2.23.